The average molecular weight is 411 g/mol. The second-order valence-electron chi connectivity index (χ2n) is 6.16. The summed E-state index contributed by atoms with van der Waals surface area (Å²) in [6, 6.07) is 9.59. The molecular weight excluding hydrogens is 387 g/mol. The van der Waals surface area contributed by atoms with E-state index in [9.17, 15) is 4.79 Å². The first-order valence-electron chi connectivity index (χ1n) is 8.67. The maximum absolute atomic E-state index is 13.1. The minimum absolute atomic E-state index is 0. The van der Waals surface area contributed by atoms with Gasteiger partial charge in [-0.1, -0.05) is 31.5 Å². The van der Waals surface area contributed by atoms with E-state index in [0.29, 0.717) is 5.02 Å². The van der Waals surface area contributed by atoms with Crippen LogP contribution in [0.3, 0.4) is 0 Å². The van der Waals surface area contributed by atoms with Crippen molar-refractivity contribution in [3.05, 3.63) is 51.1 Å². The van der Waals surface area contributed by atoms with Crippen LogP contribution in [0.15, 0.2) is 35.1 Å². The highest BCUT2D eigenvalue weighted by Crippen LogP contribution is 2.32. The van der Waals surface area contributed by atoms with Gasteiger partial charge in [0.15, 0.2) is 5.43 Å². The topological polar surface area (TPSA) is 32.3 Å². The molecule has 0 spiro atoms. The SMILES string of the molecule is CCN(CC)CCNc1ccc(C)c2sc3cc(Cl)ccc3c(=O)c12.Cl. The van der Waals surface area contributed by atoms with Gasteiger partial charge in [-0.25, -0.2) is 0 Å². The van der Waals surface area contributed by atoms with E-state index in [-0.39, 0.29) is 17.8 Å². The summed E-state index contributed by atoms with van der Waals surface area (Å²) in [5.74, 6) is 0. The van der Waals surface area contributed by atoms with Crippen LogP contribution in [0, 0.1) is 6.92 Å². The molecule has 26 heavy (non-hydrogen) atoms. The van der Waals surface area contributed by atoms with Crippen LogP contribution in [-0.4, -0.2) is 31.1 Å². The fraction of sp³-hybridized carbons (Fsp3) is 0.350. The molecule has 0 aliphatic carbocycles. The summed E-state index contributed by atoms with van der Waals surface area (Å²) < 4.78 is 1.97. The van der Waals surface area contributed by atoms with E-state index in [1.165, 1.54) is 0 Å². The summed E-state index contributed by atoms with van der Waals surface area (Å²) in [4.78, 5) is 15.5. The number of rotatable bonds is 6. The highest BCUT2D eigenvalue weighted by atomic mass is 35.5. The van der Waals surface area contributed by atoms with Crippen molar-refractivity contribution in [1.82, 2.24) is 4.90 Å². The van der Waals surface area contributed by atoms with E-state index in [1.807, 2.05) is 25.1 Å². The van der Waals surface area contributed by atoms with Gasteiger partial charge in [-0.15, -0.1) is 23.7 Å². The fourth-order valence-corrected chi connectivity index (χ4v) is 4.54. The van der Waals surface area contributed by atoms with Gasteiger partial charge in [0.25, 0.3) is 0 Å². The number of nitrogens with zero attached hydrogens (tertiary/aromatic N) is 1. The van der Waals surface area contributed by atoms with Crippen molar-refractivity contribution in [1.29, 1.82) is 0 Å². The maximum atomic E-state index is 13.1. The van der Waals surface area contributed by atoms with E-state index in [1.54, 1.807) is 17.4 Å². The van der Waals surface area contributed by atoms with Crippen LogP contribution in [0.5, 0.6) is 0 Å². The summed E-state index contributed by atoms with van der Waals surface area (Å²) in [6.07, 6.45) is 0. The van der Waals surface area contributed by atoms with Crippen molar-refractivity contribution in [3.63, 3.8) is 0 Å². The molecule has 0 aliphatic heterocycles. The molecule has 0 saturated heterocycles. The quantitative estimate of drug-likeness (QED) is 0.540. The first-order chi connectivity index (χ1) is 12.0. The van der Waals surface area contributed by atoms with Gasteiger partial charge in [-0.05, 0) is 49.8 Å². The fourth-order valence-electron chi connectivity index (χ4n) is 3.09. The Kier molecular flexibility index (Phi) is 7.30. The average Bonchev–Trinajstić information content (AvgIpc) is 2.60. The van der Waals surface area contributed by atoms with E-state index >= 15 is 0 Å². The second kappa shape index (κ2) is 9.05. The molecular formula is C20H24Cl2N2OS. The smallest absolute Gasteiger partial charge is 0.197 e. The summed E-state index contributed by atoms with van der Waals surface area (Å²) in [5.41, 5.74) is 2.12. The molecule has 0 bridgehead atoms. The number of halogens is 2. The molecule has 3 aromatic rings. The van der Waals surface area contributed by atoms with Crippen molar-refractivity contribution in [3.8, 4) is 0 Å². The van der Waals surface area contributed by atoms with Crippen LogP contribution in [0.25, 0.3) is 20.2 Å². The molecule has 0 saturated carbocycles. The van der Waals surface area contributed by atoms with Crippen molar-refractivity contribution in [2.24, 2.45) is 0 Å². The van der Waals surface area contributed by atoms with Crippen LogP contribution in [0.4, 0.5) is 5.69 Å². The third-order valence-electron chi connectivity index (χ3n) is 4.62. The van der Waals surface area contributed by atoms with Gasteiger partial charge < -0.3 is 10.2 Å². The Bertz CT molecular complexity index is 967. The second-order valence-corrected chi connectivity index (χ2v) is 7.65. The molecule has 0 unspecified atom stereocenters. The Morgan fingerprint density at radius 2 is 1.88 bits per heavy atom. The third kappa shape index (κ3) is 4.15. The number of benzene rings is 2. The van der Waals surface area contributed by atoms with Gasteiger partial charge in [0, 0.05) is 38.6 Å². The molecule has 0 fully saturated rings. The molecule has 3 nitrogen and oxygen atoms in total. The largest absolute Gasteiger partial charge is 0.383 e. The van der Waals surface area contributed by atoms with E-state index in [2.05, 4.69) is 30.1 Å². The summed E-state index contributed by atoms with van der Waals surface area (Å²) >= 11 is 7.74. The zero-order valence-corrected chi connectivity index (χ0v) is 17.7. The number of aryl methyl sites for hydroxylation is 1. The maximum Gasteiger partial charge on any atom is 0.197 e. The first-order valence-corrected chi connectivity index (χ1v) is 9.86. The number of likely N-dealkylation sites (N-methyl/N-ethyl adjacent to an activating group) is 1. The molecule has 3 rings (SSSR count). The van der Waals surface area contributed by atoms with Crippen LogP contribution < -0.4 is 10.7 Å². The first kappa shape index (κ1) is 21.0. The molecule has 0 aliphatic rings. The zero-order chi connectivity index (χ0) is 18.0. The highest BCUT2D eigenvalue weighted by Gasteiger charge is 2.12. The van der Waals surface area contributed by atoms with Crippen molar-refractivity contribution in [2.45, 2.75) is 20.8 Å². The molecule has 1 aromatic heterocycles. The van der Waals surface area contributed by atoms with Crippen LogP contribution >= 0.6 is 35.3 Å². The molecule has 2 aromatic carbocycles. The lowest BCUT2D eigenvalue weighted by molar-refractivity contribution is 0.316. The van der Waals surface area contributed by atoms with Crippen molar-refractivity contribution in [2.75, 3.05) is 31.5 Å². The number of nitrogens with one attached hydrogen (secondary N) is 1. The normalized spacial score (nSPS) is 11.1. The van der Waals surface area contributed by atoms with Crippen molar-refractivity contribution >= 4 is 61.2 Å². The van der Waals surface area contributed by atoms with Crippen LogP contribution in [-0.2, 0) is 0 Å². The minimum atomic E-state index is 0. The van der Waals surface area contributed by atoms with Gasteiger partial charge in [-0.3, -0.25) is 4.79 Å². The van der Waals surface area contributed by atoms with Gasteiger partial charge in [0.1, 0.15) is 0 Å². The monoisotopic (exact) mass is 410 g/mol. The summed E-state index contributed by atoms with van der Waals surface area (Å²) in [7, 11) is 0. The Labute approximate surface area is 169 Å². The molecule has 1 N–H and O–H groups in total. The summed E-state index contributed by atoms with van der Waals surface area (Å²) in [6.45, 7) is 10.2. The van der Waals surface area contributed by atoms with Crippen LogP contribution in [0.1, 0.15) is 19.4 Å². The molecule has 6 heteroatoms. The molecule has 1 heterocycles. The zero-order valence-electron chi connectivity index (χ0n) is 15.3. The molecule has 0 radical (unpaired) electrons. The van der Waals surface area contributed by atoms with Gasteiger partial charge in [0.2, 0.25) is 0 Å². The van der Waals surface area contributed by atoms with Gasteiger partial charge in [-0.2, -0.15) is 0 Å². The number of fused-ring (bicyclic) bond motifs is 2. The standard InChI is InChI=1S/C20H23ClN2OS.ClH/c1-4-23(5-2)11-10-22-16-9-6-13(3)20-18(16)19(24)15-8-7-14(21)12-17(15)25-20;/h6-9,12,22H,4-5,10-11H2,1-3H3;1H. The predicted molar refractivity (Wildman–Crippen MR) is 119 cm³/mol. The molecule has 0 amide bonds. The Balaban J connectivity index is 0.00000243. The summed E-state index contributed by atoms with van der Waals surface area (Å²) in [5, 5.41) is 5.66. The van der Waals surface area contributed by atoms with E-state index in [0.717, 1.165) is 57.6 Å². The van der Waals surface area contributed by atoms with Gasteiger partial charge >= 0.3 is 0 Å². The lowest BCUT2D eigenvalue weighted by Gasteiger charge is -2.19. The lowest BCUT2D eigenvalue weighted by atomic mass is 10.1. The minimum Gasteiger partial charge on any atom is -0.383 e. The Hall–Kier alpha value is -1.33. The number of hydrogen-bond acceptors (Lipinski definition) is 4. The van der Waals surface area contributed by atoms with E-state index in [4.69, 9.17) is 11.6 Å². The predicted octanol–water partition coefficient (Wildman–Crippen LogP) is 5.55. The third-order valence-corrected chi connectivity index (χ3v) is 6.14. The Morgan fingerprint density at radius 1 is 1.15 bits per heavy atom. The van der Waals surface area contributed by atoms with Gasteiger partial charge in [0.05, 0.1) is 5.39 Å². The lowest BCUT2D eigenvalue weighted by Crippen LogP contribution is -2.28. The number of anilines is 1. The Morgan fingerprint density at radius 3 is 2.58 bits per heavy atom. The highest BCUT2D eigenvalue weighted by molar-refractivity contribution is 7.24. The molecule has 0 atom stereocenters. The van der Waals surface area contributed by atoms with E-state index < -0.39 is 0 Å². The molecule has 140 valence electrons. The van der Waals surface area contributed by atoms with Crippen molar-refractivity contribution < 1.29 is 0 Å². The number of hydrogen-bond donors (Lipinski definition) is 1. The van der Waals surface area contributed by atoms with Crippen LogP contribution in [0.2, 0.25) is 5.02 Å².